The molecule has 0 unspecified atom stereocenters. The molecule has 0 atom stereocenters. The first-order valence-corrected chi connectivity index (χ1v) is 3.34. The van der Waals surface area contributed by atoms with E-state index in [4.69, 9.17) is 15.0 Å². The Balaban J connectivity index is 2.92. The summed E-state index contributed by atoms with van der Waals surface area (Å²) in [6.07, 6.45) is 0. The lowest BCUT2D eigenvalue weighted by molar-refractivity contribution is -0.00344. The summed E-state index contributed by atoms with van der Waals surface area (Å²) in [4.78, 5) is 0. The summed E-state index contributed by atoms with van der Waals surface area (Å²) in [5.41, 5.74) is 4.92. The maximum Gasteiger partial charge on any atom is 0.170 e. The van der Waals surface area contributed by atoms with Gasteiger partial charge < -0.3 is 15.0 Å². The fourth-order valence-electron chi connectivity index (χ4n) is 0.673. The van der Waals surface area contributed by atoms with Gasteiger partial charge in [-0.15, -0.1) is 0 Å². The van der Waals surface area contributed by atoms with E-state index in [1.165, 1.54) is 0 Å². The predicted molar refractivity (Wildman–Crippen MR) is 41.0 cm³/mol. The van der Waals surface area contributed by atoms with E-state index in [9.17, 15) is 0 Å². The number of hydrogen-bond acceptors (Lipinski definition) is 4. The van der Waals surface area contributed by atoms with E-state index in [2.05, 4.69) is 5.16 Å². The highest BCUT2D eigenvalue weighted by molar-refractivity contribution is 5.28. The quantitative estimate of drug-likeness (QED) is 0.697. The highest BCUT2D eigenvalue weighted by atomic mass is 16.5. The molecule has 0 aliphatic rings. The summed E-state index contributed by atoms with van der Waals surface area (Å²) in [5.74, 6) is 1.02. The van der Waals surface area contributed by atoms with Crippen molar-refractivity contribution in [2.75, 3.05) is 12.8 Å². The maximum absolute atomic E-state index is 5.37. The third kappa shape index (κ3) is 1.51. The molecule has 1 rings (SSSR count). The smallest absolute Gasteiger partial charge is 0.170 e. The highest BCUT2D eigenvalue weighted by Crippen LogP contribution is 2.24. The van der Waals surface area contributed by atoms with Gasteiger partial charge >= 0.3 is 0 Å². The lowest BCUT2D eigenvalue weighted by Crippen LogP contribution is -2.18. The van der Waals surface area contributed by atoms with Crippen LogP contribution in [0.3, 0.4) is 0 Å². The number of hydrogen-bond donors (Lipinski definition) is 1. The molecular formula is C7H12N2O2. The second-order valence-electron chi connectivity index (χ2n) is 2.83. The van der Waals surface area contributed by atoms with Gasteiger partial charge in [-0.05, 0) is 13.8 Å². The average molecular weight is 156 g/mol. The van der Waals surface area contributed by atoms with E-state index < -0.39 is 5.60 Å². The van der Waals surface area contributed by atoms with E-state index >= 15 is 0 Å². The topological polar surface area (TPSA) is 61.3 Å². The monoisotopic (exact) mass is 156 g/mol. The van der Waals surface area contributed by atoms with Gasteiger partial charge in [0.25, 0.3) is 0 Å². The van der Waals surface area contributed by atoms with Crippen LogP contribution in [0.1, 0.15) is 19.6 Å². The molecule has 0 amide bonds. The van der Waals surface area contributed by atoms with Crippen molar-refractivity contribution in [3.8, 4) is 0 Å². The molecule has 1 aromatic rings. The number of methoxy groups -OCH3 is 1. The lowest BCUT2D eigenvalue weighted by atomic mass is 10.1. The highest BCUT2D eigenvalue weighted by Gasteiger charge is 2.24. The SMILES string of the molecule is COC(C)(C)c1cc(N)no1. The summed E-state index contributed by atoms with van der Waals surface area (Å²) in [5, 5.41) is 3.55. The largest absolute Gasteiger partial charge is 0.381 e. The van der Waals surface area contributed by atoms with Gasteiger partial charge in [0, 0.05) is 13.2 Å². The molecule has 2 N–H and O–H groups in total. The zero-order valence-corrected chi connectivity index (χ0v) is 6.92. The third-order valence-electron chi connectivity index (χ3n) is 1.63. The molecule has 4 nitrogen and oxygen atoms in total. The Kier molecular flexibility index (Phi) is 1.87. The second-order valence-corrected chi connectivity index (χ2v) is 2.83. The van der Waals surface area contributed by atoms with Crippen molar-refractivity contribution < 1.29 is 9.26 Å². The molecule has 0 saturated heterocycles. The van der Waals surface area contributed by atoms with Gasteiger partial charge in [0.1, 0.15) is 5.60 Å². The van der Waals surface area contributed by atoms with Gasteiger partial charge in [-0.25, -0.2) is 0 Å². The summed E-state index contributed by atoms with van der Waals surface area (Å²) >= 11 is 0. The third-order valence-corrected chi connectivity index (χ3v) is 1.63. The molecular weight excluding hydrogens is 144 g/mol. The Hall–Kier alpha value is -1.03. The van der Waals surface area contributed by atoms with E-state index in [1.807, 2.05) is 13.8 Å². The number of aromatic nitrogens is 1. The van der Waals surface area contributed by atoms with Crippen LogP contribution in [-0.4, -0.2) is 12.3 Å². The van der Waals surface area contributed by atoms with Crippen LogP contribution >= 0.6 is 0 Å². The zero-order chi connectivity index (χ0) is 8.48. The van der Waals surface area contributed by atoms with Crippen molar-refractivity contribution in [3.05, 3.63) is 11.8 Å². The number of nitrogens with two attached hydrogens (primary N) is 1. The molecule has 1 aromatic heterocycles. The predicted octanol–water partition coefficient (Wildman–Crippen LogP) is 1.14. The number of nitrogens with zero attached hydrogens (tertiary/aromatic N) is 1. The van der Waals surface area contributed by atoms with Crippen molar-refractivity contribution >= 4 is 5.82 Å². The minimum Gasteiger partial charge on any atom is -0.381 e. The van der Waals surface area contributed by atoms with Crippen molar-refractivity contribution in [1.29, 1.82) is 0 Å². The molecule has 11 heavy (non-hydrogen) atoms. The number of anilines is 1. The number of rotatable bonds is 2. The zero-order valence-electron chi connectivity index (χ0n) is 6.92. The van der Waals surface area contributed by atoms with Gasteiger partial charge in [0.2, 0.25) is 0 Å². The van der Waals surface area contributed by atoms with Crippen molar-refractivity contribution in [3.63, 3.8) is 0 Å². The normalized spacial score (nSPS) is 11.9. The molecule has 0 aliphatic heterocycles. The van der Waals surface area contributed by atoms with E-state index in [0.29, 0.717) is 11.6 Å². The van der Waals surface area contributed by atoms with Crippen LogP contribution in [-0.2, 0) is 10.3 Å². The molecule has 62 valence electrons. The Morgan fingerprint density at radius 3 is 2.64 bits per heavy atom. The van der Waals surface area contributed by atoms with E-state index in [1.54, 1.807) is 13.2 Å². The lowest BCUT2D eigenvalue weighted by Gasteiger charge is -2.18. The van der Waals surface area contributed by atoms with E-state index in [0.717, 1.165) is 0 Å². The van der Waals surface area contributed by atoms with Crippen LogP contribution in [0.2, 0.25) is 0 Å². The molecule has 1 heterocycles. The first-order chi connectivity index (χ1) is 5.06. The molecule has 0 spiro atoms. The molecule has 0 saturated carbocycles. The summed E-state index contributed by atoms with van der Waals surface area (Å²) in [7, 11) is 1.61. The average Bonchev–Trinajstić information content (AvgIpc) is 2.36. The Morgan fingerprint density at radius 1 is 1.64 bits per heavy atom. The molecule has 0 fully saturated rings. The fraction of sp³-hybridized carbons (Fsp3) is 0.571. The number of nitrogen functional groups attached to an aromatic ring is 1. The van der Waals surface area contributed by atoms with Gasteiger partial charge in [-0.1, -0.05) is 5.16 Å². The Morgan fingerprint density at radius 2 is 2.27 bits per heavy atom. The van der Waals surface area contributed by atoms with Crippen LogP contribution in [0.15, 0.2) is 10.6 Å². The van der Waals surface area contributed by atoms with E-state index in [-0.39, 0.29) is 0 Å². The first kappa shape index (κ1) is 8.07. The van der Waals surface area contributed by atoms with Gasteiger partial charge in [-0.2, -0.15) is 0 Å². The summed E-state index contributed by atoms with van der Waals surface area (Å²) in [6.45, 7) is 3.76. The maximum atomic E-state index is 5.37. The summed E-state index contributed by atoms with van der Waals surface area (Å²) in [6, 6.07) is 1.66. The van der Waals surface area contributed by atoms with Gasteiger partial charge in [0.15, 0.2) is 11.6 Å². The molecule has 0 bridgehead atoms. The second kappa shape index (κ2) is 2.54. The van der Waals surface area contributed by atoms with Crippen LogP contribution in [0.4, 0.5) is 5.82 Å². The molecule has 0 radical (unpaired) electrons. The van der Waals surface area contributed by atoms with Crippen molar-refractivity contribution in [1.82, 2.24) is 5.16 Å². The molecule has 0 aliphatic carbocycles. The molecule has 0 aromatic carbocycles. The summed E-state index contributed by atoms with van der Waals surface area (Å²) < 4.78 is 10.1. The fourth-order valence-corrected chi connectivity index (χ4v) is 0.673. The van der Waals surface area contributed by atoms with Crippen LogP contribution < -0.4 is 5.73 Å². The van der Waals surface area contributed by atoms with Crippen LogP contribution in [0, 0.1) is 0 Å². The Bertz CT molecular complexity index is 242. The van der Waals surface area contributed by atoms with Crippen LogP contribution in [0.25, 0.3) is 0 Å². The minimum atomic E-state index is -0.454. The van der Waals surface area contributed by atoms with Crippen molar-refractivity contribution in [2.45, 2.75) is 19.4 Å². The van der Waals surface area contributed by atoms with Crippen molar-refractivity contribution in [2.24, 2.45) is 0 Å². The van der Waals surface area contributed by atoms with Crippen LogP contribution in [0.5, 0.6) is 0 Å². The first-order valence-electron chi connectivity index (χ1n) is 3.34. The van der Waals surface area contributed by atoms with Gasteiger partial charge in [-0.3, -0.25) is 0 Å². The molecule has 4 heteroatoms. The Labute approximate surface area is 65.3 Å². The minimum absolute atomic E-state index is 0.380. The van der Waals surface area contributed by atoms with Gasteiger partial charge in [0.05, 0.1) is 0 Å². The number of ether oxygens (including phenoxy) is 1. The standard InChI is InChI=1S/C7H12N2O2/c1-7(2,10-3)5-4-6(8)9-11-5/h4H,1-3H3,(H2,8,9).